The van der Waals surface area contributed by atoms with E-state index in [0.29, 0.717) is 45.9 Å². The van der Waals surface area contributed by atoms with Crippen molar-refractivity contribution in [3.05, 3.63) is 353 Å². The Labute approximate surface area is 782 Å². The normalized spacial score (nSPS) is 12.1. The Hall–Kier alpha value is -11.0. The molecular weight excluding hydrogens is 1690 g/mol. The maximum Gasteiger partial charge on any atom is 2.00 e. The van der Waals surface area contributed by atoms with Gasteiger partial charge in [-0.3, -0.25) is 38.4 Å². The number of amides is 2. The van der Waals surface area contributed by atoms with Crippen molar-refractivity contribution in [1.29, 1.82) is 0 Å². The van der Waals surface area contributed by atoms with E-state index in [9.17, 15) is 62.6 Å². The predicted molar refractivity (Wildman–Crippen MR) is 482 cm³/mol. The van der Waals surface area contributed by atoms with Crippen molar-refractivity contribution in [1.82, 2.24) is 0 Å². The summed E-state index contributed by atoms with van der Waals surface area (Å²) in [7, 11) is 0. The van der Waals surface area contributed by atoms with Gasteiger partial charge in [-0.25, -0.2) is 19.2 Å². The first-order valence-corrected chi connectivity index (χ1v) is 39.3. The minimum atomic E-state index is -1.65. The maximum atomic E-state index is 13.5. The minimum absolute atomic E-state index is 0. The maximum absolute atomic E-state index is 13.5. The van der Waals surface area contributed by atoms with E-state index in [1.54, 1.807) is 54.6 Å². The van der Waals surface area contributed by atoms with Gasteiger partial charge in [-0.05, 0) is 110 Å². The van der Waals surface area contributed by atoms with Crippen LogP contribution in [0.3, 0.4) is 0 Å². The number of rotatable bonds is 22. The molecule has 1 atom stereocenters. The van der Waals surface area contributed by atoms with E-state index in [-0.39, 0.29) is 173 Å². The summed E-state index contributed by atoms with van der Waals surface area (Å²) in [6.07, 6.45) is 0.813. The topological polar surface area (TPSA) is 323 Å². The zero-order chi connectivity index (χ0) is 89.5. The second kappa shape index (κ2) is 51.4. The molecule has 2 amide bonds. The van der Waals surface area contributed by atoms with Gasteiger partial charge < -0.3 is 77.1 Å². The summed E-state index contributed by atoms with van der Waals surface area (Å²) in [5.74, 6) is -6.13. The molecule has 3 aliphatic rings. The Balaban J connectivity index is 0.000000509. The SMILES string of the molecule is CC(=O)C(=O)CC(C)(C)c1ccccc1.CC(=O)C(C)=O.CC(C)(CC(=O)C(=O)Nc1ccc2c(c1)COC2=O)c1ccccc1.CC(C)(CC(=O)C(=O)O)c1ccccc1.CC(C)(CC(O)(Cc1ccccc1)C(=O)Nc1ccc2c(c1)COC2=O)c1ccccc1.Nc1ccc2c(c1)COC2=O.[Br-].[CH2-]C(C)(C)c1ccccc1.[CH2-]c1ccccc1.[Cl-].[Mg+2].[Mg+2]. The molecule has 125 heavy (non-hydrogen) atoms. The van der Waals surface area contributed by atoms with Crippen molar-refractivity contribution < 1.29 is 111 Å². The molecule has 3 aliphatic heterocycles. The van der Waals surface area contributed by atoms with Crippen molar-refractivity contribution >= 4 is 134 Å². The fraction of sp³-hybridized carbons (Fsp3) is 0.267. The number of anilines is 3. The Bertz CT molecular complexity index is 5160. The Morgan fingerprint density at radius 2 is 0.704 bits per heavy atom. The Kier molecular flexibility index (Phi) is 45.3. The average molecular weight is 1800 g/mol. The zero-order valence-corrected chi connectivity index (χ0v) is 78.4. The van der Waals surface area contributed by atoms with Gasteiger partial charge in [0.15, 0.2) is 23.1 Å². The molecule has 0 aromatic heterocycles. The van der Waals surface area contributed by atoms with Gasteiger partial charge in [0.2, 0.25) is 11.6 Å². The number of fused-ring (bicyclic) bond motifs is 3. The van der Waals surface area contributed by atoms with Gasteiger partial charge in [0.1, 0.15) is 25.4 Å². The van der Waals surface area contributed by atoms with Gasteiger partial charge in [0.25, 0.3) is 11.8 Å². The molecule has 0 radical (unpaired) electrons. The van der Waals surface area contributed by atoms with Crippen molar-refractivity contribution in [2.75, 3.05) is 16.4 Å². The third-order valence-electron chi connectivity index (χ3n) is 19.9. The molecule has 13 rings (SSSR count). The van der Waals surface area contributed by atoms with Crippen molar-refractivity contribution in [3.63, 3.8) is 0 Å². The number of carboxylic acids is 1. The number of aliphatic hydroxyl groups is 1. The van der Waals surface area contributed by atoms with Crippen LogP contribution >= 0.6 is 0 Å². The largest absolute Gasteiger partial charge is 2.00 e. The molecule has 648 valence electrons. The van der Waals surface area contributed by atoms with Gasteiger partial charge in [0.05, 0.1) is 16.7 Å². The van der Waals surface area contributed by atoms with E-state index in [1.807, 2.05) is 256 Å². The molecule has 6 N–H and O–H groups in total. The van der Waals surface area contributed by atoms with Gasteiger partial charge in [-0.2, -0.15) is 24.6 Å². The molecule has 0 fully saturated rings. The number of carbonyl (C=O) groups excluding carboxylic acids is 11. The fourth-order valence-electron chi connectivity index (χ4n) is 12.7. The number of benzene rings is 10. The van der Waals surface area contributed by atoms with Crippen molar-refractivity contribution in [2.45, 2.75) is 175 Å². The molecule has 0 spiro atoms. The van der Waals surface area contributed by atoms with Crippen LogP contribution in [0.2, 0.25) is 0 Å². The van der Waals surface area contributed by atoms with Crippen LogP contribution in [0.25, 0.3) is 0 Å². The van der Waals surface area contributed by atoms with Gasteiger partial charge in [-0.15, -0.1) is 17.5 Å². The number of aliphatic carboxylic acids is 1. The second-order valence-corrected chi connectivity index (χ2v) is 32.7. The summed E-state index contributed by atoms with van der Waals surface area (Å²) >= 11 is 0. The summed E-state index contributed by atoms with van der Waals surface area (Å²) in [6, 6.07) is 83.5. The first-order chi connectivity index (χ1) is 56.9. The van der Waals surface area contributed by atoms with E-state index in [2.05, 4.69) is 50.5 Å². The second-order valence-electron chi connectivity index (χ2n) is 32.7. The molecule has 0 bridgehead atoms. The van der Waals surface area contributed by atoms with Crippen LogP contribution in [-0.4, -0.2) is 132 Å². The zero-order valence-electron chi connectivity index (χ0n) is 73.2. The average Bonchev–Trinajstić information content (AvgIpc) is 1.55. The van der Waals surface area contributed by atoms with E-state index in [4.69, 9.17) is 25.1 Å². The number of ether oxygens (including phenoxy) is 3. The molecule has 0 saturated carbocycles. The monoisotopic (exact) mass is 1800 g/mol. The van der Waals surface area contributed by atoms with E-state index in [0.717, 1.165) is 44.5 Å². The molecule has 10 aromatic rings. The molecule has 3 heterocycles. The van der Waals surface area contributed by atoms with Crippen LogP contribution in [0, 0.1) is 13.8 Å². The molecule has 20 nitrogen and oxygen atoms in total. The third-order valence-corrected chi connectivity index (χ3v) is 19.9. The first kappa shape index (κ1) is 110. The molecule has 1 unspecified atom stereocenters. The number of Topliss-reactive ketones (excluding diaryl/α,β-unsaturated/α-hetero) is 6. The van der Waals surface area contributed by atoms with Crippen molar-refractivity contribution in [3.8, 4) is 0 Å². The molecule has 0 aliphatic carbocycles. The van der Waals surface area contributed by atoms with Crippen LogP contribution in [0.4, 0.5) is 17.1 Å². The number of nitrogen functional groups attached to an aromatic ring is 1. The summed E-state index contributed by atoms with van der Waals surface area (Å²) in [5, 5.41) is 25.7. The van der Waals surface area contributed by atoms with Crippen LogP contribution in [0.1, 0.15) is 202 Å². The number of hydrogen-bond acceptors (Lipinski definition) is 17. The molecule has 10 aromatic carbocycles. The number of nitrogens with one attached hydrogen (secondary N) is 2. The summed E-state index contributed by atoms with van der Waals surface area (Å²) < 4.78 is 14.8. The van der Waals surface area contributed by atoms with Gasteiger partial charge >= 0.3 is 70.0 Å². The Morgan fingerprint density at radius 3 is 1.02 bits per heavy atom. The molecule has 0 saturated heterocycles. The minimum Gasteiger partial charge on any atom is -1.00 e. The van der Waals surface area contributed by atoms with Gasteiger partial charge in [-0.1, -0.05) is 263 Å². The van der Waals surface area contributed by atoms with Crippen LogP contribution < -0.4 is 45.8 Å². The predicted octanol–water partition coefficient (Wildman–Crippen LogP) is 11.4. The number of esters is 3. The molecule has 24 heteroatoms. The van der Waals surface area contributed by atoms with Gasteiger partial charge in [0, 0.05) is 80.2 Å². The first-order valence-electron chi connectivity index (χ1n) is 39.3. The quantitative estimate of drug-likeness (QED) is 0.0105. The number of carbonyl (C=O) groups is 12. The summed E-state index contributed by atoms with van der Waals surface area (Å²) in [5.41, 5.74) is 15.3. The number of halogens is 2. The van der Waals surface area contributed by atoms with Crippen LogP contribution in [0.5, 0.6) is 0 Å². The summed E-state index contributed by atoms with van der Waals surface area (Å²) in [4.78, 5) is 136. The smallest absolute Gasteiger partial charge is 1.00 e. The van der Waals surface area contributed by atoms with E-state index in [1.165, 1.54) is 26.3 Å². The number of nitrogens with two attached hydrogens (primary N) is 1. The van der Waals surface area contributed by atoms with Crippen molar-refractivity contribution in [2.24, 2.45) is 0 Å². The number of cyclic esters (lactones) is 3. The van der Waals surface area contributed by atoms with Crippen LogP contribution in [0.15, 0.2) is 267 Å². The summed E-state index contributed by atoms with van der Waals surface area (Å²) in [6.45, 7) is 32.2. The number of carboxylic acid groups (broad SMARTS) is 1. The van der Waals surface area contributed by atoms with E-state index < -0.39 is 51.2 Å². The molecular formula is C101H109BrClMg2N3O17. The number of hydrogen-bond donors (Lipinski definition) is 5. The standard InChI is InChI=1S/C27H27NO4.C20H19NO4.C13H16O2.C12H14O3.C10H13.C8H7NO2.C7H7.C4H6O2.BrH.ClH.2Mg/c1-26(2,21-11-7-4-8-12-21)18-27(31,16-19-9-5-3-6-10-19)25(30)28-22-13-14-23-20(15-22)17-32-24(23)29;1-20(2,14-6-4-3-5-7-14)11-17(22)18(23)21-15-8-9-16-13(10-15)12-25-19(16)24;1-10(14)12(15)9-13(2,3)11-7-5-4-6-8-11;1-12(2,8-10(13)11(14)15)9-6-4-3-5-7-9;1-10(2,3)9-7-5-4-6-8-9;9-6-1-2-7-5(3-6)4-11-8(7)10;1-7-5-3-2-4-6-7;1-3(5)4(2)6;;;;/h3-15,31H,16-18H2,1-2H3,(H,28,30);3-10H,11-12H2,1-2H3,(H,21,23);4-8H,9H2,1-3H3;3-7H,8H2,1-2H3,(H,14,15);4-8H,1H2,2-3H3;1-3H,4,9H2;2-6H,1H2;1-2H3;2*1H;;/q;;;;-1;;-1;;;;2*+2/p-2. The Morgan fingerprint density at radius 1 is 0.400 bits per heavy atom. The fourth-order valence-corrected chi connectivity index (χ4v) is 12.7. The number of ketones is 6. The van der Waals surface area contributed by atoms with Crippen LogP contribution in [-0.2, 0) is 111 Å². The third kappa shape index (κ3) is 35.9. The van der Waals surface area contributed by atoms with E-state index >= 15 is 0 Å².